The minimum atomic E-state index is 0.192. The van der Waals surface area contributed by atoms with Gasteiger partial charge in [-0.05, 0) is 67.9 Å². The van der Waals surface area contributed by atoms with Gasteiger partial charge in [-0.15, -0.1) is 0 Å². The first-order valence-electron chi connectivity index (χ1n) is 7.70. The van der Waals surface area contributed by atoms with Crippen molar-refractivity contribution in [2.45, 2.75) is 58.4 Å². The highest BCUT2D eigenvalue weighted by Gasteiger charge is 2.33. The molecule has 1 aliphatic rings. The lowest BCUT2D eigenvalue weighted by atomic mass is 9.73. The maximum Gasteiger partial charge on any atom is 0.0635 e. The lowest BCUT2D eigenvalue weighted by molar-refractivity contribution is 0.220. The van der Waals surface area contributed by atoms with E-state index in [0.29, 0.717) is 11.8 Å². The Labute approximate surface area is 131 Å². The van der Waals surface area contributed by atoms with E-state index in [2.05, 4.69) is 65.8 Å². The first-order valence-corrected chi connectivity index (χ1v) is 8.49. The third-order valence-electron chi connectivity index (χ3n) is 4.44. The van der Waals surface area contributed by atoms with Gasteiger partial charge in [0.05, 0.1) is 16.4 Å². The summed E-state index contributed by atoms with van der Waals surface area (Å²) in [5.74, 6) is 2.13. The molecule has 0 amide bonds. The Morgan fingerprint density at radius 1 is 1.40 bits per heavy atom. The smallest absolute Gasteiger partial charge is 0.0635 e. The predicted octanol–water partition coefficient (Wildman–Crippen LogP) is 4.09. The molecule has 1 N–H and O–H groups in total. The van der Waals surface area contributed by atoms with Gasteiger partial charge in [-0.3, -0.25) is 4.68 Å². The molecule has 20 heavy (non-hydrogen) atoms. The van der Waals surface area contributed by atoms with E-state index >= 15 is 0 Å². The van der Waals surface area contributed by atoms with Crippen LogP contribution in [0.2, 0.25) is 0 Å². The van der Waals surface area contributed by atoms with Crippen molar-refractivity contribution < 1.29 is 0 Å². The molecule has 0 aromatic carbocycles. The van der Waals surface area contributed by atoms with Gasteiger partial charge in [-0.25, -0.2) is 0 Å². The zero-order valence-corrected chi connectivity index (χ0v) is 15.0. The van der Waals surface area contributed by atoms with E-state index in [0.717, 1.165) is 12.5 Å². The van der Waals surface area contributed by atoms with E-state index in [1.807, 2.05) is 6.20 Å². The van der Waals surface area contributed by atoms with Gasteiger partial charge in [0, 0.05) is 18.5 Å². The van der Waals surface area contributed by atoms with E-state index in [1.165, 1.54) is 29.4 Å². The molecule has 0 bridgehead atoms. The van der Waals surface area contributed by atoms with Gasteiger partial charge >= 0.3 is 0 Å². The zero-order valence-electron chi connectivity index (χ0n) is 13.4. The molecule has 0 radical (unpaired) electrons. The van der Waals surface area contributed by atoms with E-state index in [4.69, 9.17) is 0 Å². The Morgan fingerprint density at radius 2 is 2.10 bits per heavy atom. The molecular formula is C16H28BrN3. The normalized spacial score (nSPS) is 27.8. The molecule has 114 valence electrons. The average Bonchev–Trinajstić information content (AvgIpc) is 2.66. The summed E-state index contributed by atoms with van der Waals surface area (Å²) in [4.78, 5) is 0. The molecule has 2 rings (SSSR count). The number of hydrogen-bond acceptors (Lipinski definition) is 2. The van der Waals surface area contributed by atoms with Gasteiger partial charge in [-0.2, -0.15) is 5.10 Å². The van der Waals surface area contributed by atoms with Crippen molar-refractivity contribution in [3.63, 3.8) is 0 Å². The van der Waals surface area contributed by atoms with Crippen molar-refractivity contribution in [2.75, 3.05) is 6.54 Å². The van der Waals surface area contributed by atoms with E-state index < -0.39 is 0 Å². The highest BCUT2D eigenvalue weighted by molar-refractivity contribution is 9.10. The molecule has 1 aliphatic carbocycles. The van der Waals surface area contributed by atoms with Crippen LogP contribution in [0, 0.1) is 11.8 Å². The molecule has 3 unspecified atom stereocenters. The van der Waals surface area contributed by atoms with Crippen molar-refractivity contribution in [2.24, 2.45) is 18.9 Å². The van der Waals surface area contributed by atoms with Crippen molar-refractivity contribution in [3.05, 3.63) is 16.4 Å². The van der Waals surface area contributed by atoms with Crippen LogP contribution in [0.25, 0.3) is 0 Å². The average molecular weight is 342 g/mol. The Morgan fingerprint density at radius 3 is 2.65 bits per heavy atom. The minimum Gasteiger partial charge on any atom is -0.312 e. The lowest BCUT2D eigenvalue weighted by Crippen LogP contribution is -2.41. The van der Waals surface area contributed by atoms with Crippen molar-refractivity contribution in [1.82, 2.24) is 15.1 Å². The molecule has 1 fully saturated rings. The second-order valence-corrected chi connectivity index (χ2v) is 8.27. The Hall–Kier alpha value is -0.350. The van der Waals surface area contributed by atoms with Gasteiger partial charge in [0.2, 0.25) is 0 Å². The third-order valence-corrected chi connectivity index (χ3v) is 5.05. The molecule has 0 saturated heterocycles. The van der Waals surface area contributed by atoms with Crippen LogP contribution in [-0.2, 0) is 7.05 Å². The molecule has 1 aromatic heterocycles. The fraction of sp³-hybridized carbons (Fsp3) is 0.812. The third kappa shape index (κ3) is 3.85. The summed E-state index contributed by atoms with van der Waals surface area (Å²) in [6, 6.07) is 0. The maximum absolute atomic E-state index is 4.41. The second kappa shape index (κ2) is 6.18. The summed E-state index contributed by atoms with van der Waals surface area (Å²) in [5.41, 5.74) is 1.56. The number of aryl methyl sites for hydroxylation is 1. The van der Waals surface area contributed by atoms with Crippen LogP contribution in [-0.4, -0.2) is 21.9 Å². The topological polar surface area (TPSA) is 29.9 Å². The maximum atomic E-state index is 4.41. The van der Waals surface area contributed by atoms with E-state index in [1.54, 1.807) is 0 Å². The summed E-state index contributed by atoms with van der Waals surface area (Å²) in [6.45, 7) is 10.2. The van der Waals surface area contributed by atoms with Gasteiger partial charge in [-0.1, -0.05) is 13.3 Å². The van der Waals surface area contributed by atoms with Gasteiger partial charge in [0.1, 0.15) is 0 Å². The number of hydrogen-bond donors (Lipinski definition) is 1. The summed E-state index contributed by atoms with van der Waals surface area (Å²) >= 11 is 3.69. The molecule has 1 heterocycles. The lowest BCUT2D eigenvalue weighted by Gasteiger charge is -2.37. The summed E-state index contributed by atoms with van der Waals surface area (Å²) < 4.78 is 3.22. The largest absolute Gasteiger partial charge is 0.312 e. The monoisotopic (exact) mass is 341 g/mol. The Balaban J connectivity index is 2.17. The predicted molar refractivity (Wildman–Crippen MR) is 87.9 cm³/mol. The Kier molecular flexibility index (Phi) is 4.96. The zero-order chi connectivity index (χ0) is 14.9. The number of nitrogens with zero attached hydrogens (tertiary/aromatic N) is 2. The molecule has 3 nitrogen and oxygen atoms in total. The van der Waals surface area contributed by atoms with Crippen LogP contribution in [0.15, 0.2) is 10.7 Å². The van der Waals surface area contributed by atoms with E-state index in [9.17, 15) is 0 Å². The molecule has 1 saturated carbocycles. The minimum absolute atomic E-state index is 0.192. The molecule has 0 spiro atoms. The van der Waals surface area contributed by atoms with Crippen LogP contribution < -0.4 is 5.32 Å². The highest BCUT2D eigenvalue weighted by atomic mass is 79.9. The van der Waals surface area contributed by atoms with E-state index in [-0.39, 0.29) is 5.54 Å². The van der Waals surface area contributed by atoms with Crippen molar-refractivity contribution in [1.29, 1.82) is 0 Å². The molecular weight excluding hydrogens is 314 g/mol. The number of halogens is 1. The standard InChI is InChI=1S/C16H28BrN3/c1-11-6-7-12(9-18-16(2,3)4)13(8-11)15-14(17)10-19-20(15)5/h10-13,18H,6-9H2,1-5H3. The van der Waals surface area contributed by atoms with Crippen LogP contribution in [0.1, 0.15) is 58.6 Å². The Bertz CT molecular complexity index is 428. The first kappa shape index (κ1) is 16.0. The second-order valence-electron chi connectivity index (χ2n) is 7.42. The summed E-state index contributed by atoms with van der Waals surface area (Å²) in [5, 5.41) is 8.10. The number of nitrogens with one attached hydrogen (secondary N) is 1. The van der Waals surface area contributed by atoms with Crippen molar-refractivity contribution in [3.8, 4) is 0 Å². The van der Waals surface area contributed by atoms with Crippen molar-refractivity contribution >= 4 is 15.9 Å². The molecule has 0 aliphatic heterocycles. The molecule has 3 atom stereocenters. The SMILES string of the molecule is CC1CCC(CNC(C)(C)C)C(c2c(Br)cnn2C)C1. The fourth-order valence-corrected chi connectivity index (χ4v) is 3.94. The van der Waals surface area contributed by atoms with Gasteiger partial charge < -0.3 is 5.32 Å². The summed E-state index contributed by atoms with van der Waals surface area (Å²) in [7, 11) is 2.06. The molecule has 4 heteroatoms. The number of aromatic nitrogens is 2. The van der Waals surface area contributed by atoms with Gasteiger partial charge in [0.25, 0.3) is 0 Å². The highest BCUT2D eigenvalue weighted by Crippen LogP contribution is 2.42. The first-order chi connectivity index (χ1) is 9.28. The van der Waals surface area contributed by atoms with Crippen LogP contribution in [0.3, 0.4) is 0 Å². The van der Waals surface area contributed by atoms with Crippen LogP contribution in [0.5, 0.6) is 0 Å². The molecule has 1 aromatic rings. The van der Waals surface area contributed by atoms with Crippen LogP contribution in [0.4, 0.5) is 0 Å². The summed E-state index contributed by atoms with van der Waals surface area (Å²) in [6.07, 6.45) is 5.87. The number of rotatable bonds is 3. The quantitative estimate of drug-likeness (QED) is 0.897. The van der Waals surface area contributed by atoms with Crippen LogP contribution >= 0.6 is 15.9 Å². The van der Waals surface area contributed by atoms with Gasteiger partial charge in [0.15, 0.2) is 0 Å². The fourth-order valence-electron chi connectivity index (χ4n) is 3.30.